The first-order valence-electron chi connectivity index (χ1n) is 3.63. The quantitative estimate of drug-likeness (QED) is 0.618. The maximum Gasteiger partial charge on any atom is 0.202 e. The van der Waals surface area contributed by atoms with E-state index in [4.69, 9.17) is 0 Å². The molecule has 62 valence electrons. The minimum Gasteiger partial charge on any atom is -0.291 e. The number of hydrogen-bond donors (Lipinski definition) is 0. The normalized spacial score (nSPS) is 9.42. The fourth-order valence-corrected chi connectivity index (χ4v) is 0.811. The number of Topliss-reactive ketones (excluding diaryl/α,β-unsaturated/α-hetero) is 2. The summed E-state index contributed by atoms with van der Waals surface area (Å²) in [5, 5.41) is 0. The molecule has 0 unspecified atom stereocenters. The lowest BCUT2D eigenvalue weighted by atomic mass is 10.1. The molecule has 12 heavy (non-hydrogen) atoms. The molecule has 1 aromatic heterocycles. The smallest absolute Gasteiger partial charge is 0.202 e. The summed E-state index contributed by atoms with van der Waals surface area (Å²) in [5.41, 5.74) is 0.824. The van der Waals surface area contributed by atoms with Crippen LogP contribution in [0.2, 0.25) is 0 Å². The van der Waals surface area contributed by atoms with Crippen LogP contribution in [0.25, 0.3) is 0 Å². The summed E-state index contributed by atoms with van der Waals surface area (Å²) < 4.78 is 0. The molecule has 3 heteroatoms. The Labute approximate surface area is 70.4 Å². The van der Waals surface area contributed by atoms with Crippen molar-refractivity contribution < 1.29 is 9.59 Å². The lowest BCUT2D eigenvalue weighted by molar-refractivity contribution is -0.134. The molecule has 0 amide bonds. The second kappa shape index (κ2) is 3.76. The number of rotatable bonds is 3. The summed E-state index contributed by atoms with van der Waals surface area (Å²) in [4.78, 5) is 25.3. The Morgan fingerprint density at radius 2 is 1.92 bits per heavy atom. The molecule has 1 heterocycles. The van der Waals surface area contributed by atoms with Crippen molar-refractivity contribution in [2.45, 2.75) is 13.3 Å². The zero-order valence-electron chi connectivity index (χ0n) is 6.78. The van der Waals surface area contributed by atoms with Crippen molar-refractivity contribution in [3.05, 3.63) is 30.1 Å². The van der Waals surface area contributed by atoms with Crippen molar-refractivity contribution in [1.29, 1.82) is 0 Å². The molecular weight excluding hydrogens is 154 g/mol. The molecule has 0 bridgehead atoms. The molecule has 1 aromatic rings. The van der Waals surface area contributed by atoms with E-state index in [9.17, 15) is 9.59 Å². The van der Waals surface area contributed by atoms with E-state index in [0.29, 0.717) is 0 Å². The van der Waals surface area contributed by atoms with Crippen molar-refractivity contribution in [3.8, 4) is 0 Å². The molecule has 3 nitrogen and oxygen atoms in total. The van der Waals surface area contributed by atoms with Crippen molar-refractivity contribution in [3.63, 3.8) is 0 Å². The van der Waals surface area contributed by atoms with Gasteiger partial charge in [-0.15, -0.1) is 0 Å². The summed E-state index contributed by atoms with van der Waals surface area (Å²) in [6.45, 7) is 1.28. The summed E-state index contributed by atoms with van der Waals surface area (Å²) in [7, 11) is 0. The lowest BCUT2D eigenvalue weighted by Crippen LogP contribution is -2.12. The van der Waals surface area contributed by atoms with Gasteiger partial charge in [0.2, 0.25) is 5.78 Å². The second-order valence-corrected chi connectivity index (χ2v) is 2.51. The highest BCUT2D eigenvalue weighted by molar-refractivity contribution is 6.36. The number of hydrogen-bond acceptors (Lipinski definition) is 3. The maximum absolute atomic E-state index is 10.9. The van der Waals surface area contributed by atoms with Crippen LogP contribution in [0.15, 0.2) is 24.5 Å². The Hall–Kier alpha value is -1.51. The van der Waals surface area contributed by atoms with E-state index in [-0.39, 0.29) is 12.2 Å². The Morgan fingerprint density at radius 1 is 1.33 bits per heavy atom. The van der Waals surface area contributed by atoms with Crippen LogP contribution in [-0.2, 0) is 16.0 Å². The van der Waals surface area contributed by atoms with Gasteiger partial charge >= 0.3 is 0 Å². The monoisotopic (exact) mass is 163 g/mol. The topological polar surface area (TPSA) is 47.0 Å². The molecule has 0 spiro atoms. The Kier molecular flexibility index (Phi) is 2.69. The van der Waals surface area contributed by atoms with E-state index in [1.165, 1.54) is 6.92 Å². The number of nitrogens with zero attached hydrogens (tertiary/aromatic N) is 1. The van der Waals surface area contributed by atoms with Gasteiger partial charge in [0.25, 0.3) is 0 Å². The minimum atomic E-state index is -0.396. The molecule has 0 atom stereocenters. The van der Waals surface area contributed by atoms with Crippen LogP contribution in [0.5, 0.6) is 0 Å². The van der Waals surface area contributed by atoms with Crippen LogP contribution in [0.3, 0.4) is 0 Å². The van der Waals surface area contributed by atoms with Crippen LogP contribution in [0, 0.1) is 0 Å². The zero-order valence-corrected chi connectivity index (χ0v) is 6.78. The van der Waals surface area contributed by atoms with Gasteiger partial charge < -0.3 is 0 Å². The van der Waals surface area contributed by atoms with E-state index < -0.39 is 5.78 Å². The van der Waals surface area contributed by atoms with E-state index in [1.807, 2.05) is 0 Å². The van der Waals surface area contributed by atoms with Crippen LogP contribution >= 0.6 is 0 Å². The van der Waals surface area contributed by atoms with Crippen LogP contribution < -0.4 is 0 Å². The third kappa shape index (κ3) is 2.27. The molecule has 0 aromatic carbocycles. The third-order valence-corrected chi connectivity index (χ3v) is 1.51. The predicted octanol–water partition coefficient (Wildman–Crippen LogP) is 0.782. The summed E-state index contributed by atoms with van der Waals surface area (Å²) >= 11 is 0. The van der Waals surface area contributed by atoms with Gasteiger partial charge in [0.05, 0.1) is 0 Å². The van der Waals surface area contributed by atoms with Gasteiger partial charge in [-0.3, -0.25) is 14.6 Å². The Morgan fingerprint density at radius 3 is 2.42 bits per heavy atom. The van der Waals surface area contributed by atoms with Gasteiger partial charge in [0, 0.05) is 25.7 Å². The van der Waals surface area contributed by atoms with Crippen LogP contribution in [0.1, 0.15) is 12.5 Å². The summed E-state index contributed by atoms with van der Waals surface area (Å²) in [6, 6.07) is 3.45. The Balaban J connectivity index is 2.65. The molecule has 0 aliphatic rings. The summed E-state index contributed by atoms with van der Waals surface area (Å²) in [6.07, 6.45) is 3.38. The number of carbonyl (C=O) groups is 2. The largest absolute Gasteiger partial charge is 0.291 e. The first-order valence-corrected chi connectivity index (χ1v) is 3.63. The first-order chi connectivity index (χ1) is 5.70. The van der Waals surface area contributed by atoms with Gasteiger partial charge in [-0.05, 0) is 17.7 Å². The fraction of sp³-hybridized carbons (Fsp3) is 0.222. The minimum absolute atomic E-state index is 0.178. The van der Waals surface area contributed by atoms with Gasteiger partial charge in [0.15, 0.2) is 5.78 Å². The van der Waals surface area contributed by atoms with Gasteiger partial charge in [0.1, 0.15) is 0 Å². The summed E-state index contributed by atoms with van der Waals surface area (Å²) in [5.74, 6) is -0.756. The van der Waals surface area contributed by atoms with E-state index in [2.05, 4.69) is 4.98 Å². The van der Waals surface area contributed by atoms with Crippen molar-refractivity contribution in [2.24, 2.45) is 0 Å². The van der Waals surface area contributed by atoms with Gasteiger partial charge in [-0.25, -0.2) is 0 Å². The van der Waals surface area contributed by atoms with E-state index in [0.717, 1.165) is 5.56 Å². The second-order valence-electron chi connectivity index (χ2n) is 2.51. The molecule has 0 N–H and O–H groups in total. The molecular formula is C9H9NO2. The van der Waals surface area contributed by atoms with E-state index >= 15 is 0 Å². The molecule has 0 saturated heterocycles. The molecule has 0 fully saturated rings. The van der Waals surface area contributed by atoms with Crippen molar-refractivity contribution in [2.75, 3.05) is 0 Å². The predicted molar refractivity (Wildman–Crippen MR) is 43.6 cm³/mol. The number of aromatic nitrogens is 1. The number of pyridine rings is 1. The molecule has 0 aliphatic carbocycles. The SMILES string of the molecule is CC(=O)C(=O)Cc1ccncc1. The van der Waals surface area contributed by atoms with Crippen molar-refractivity contribution >= 4 is 11.6 Å². The highest BCUT2D eigenvalue weighted by atomic mass is 16.2. The Bertz CT molecular complexity index is 293. The van der Waals surface area contributed by atoms with Crippen LogP contribution in [0.4, 0.5) is 0 Å². The third-order valence-electron chi connectivity index (χ3n) is 1.51. The highest BCUT2D eigenvalue weighted by Gasteiger charge is 2.07. The average Bonchev–Trinajstić information content (AvgIpc) is 2.06. The number of carbonyl (C=O) groups excluding carboxylic acids is 2. The van der Waals surface area contributed by atoms with Crippen molar-refractivity contribution in [1.82, 2.24) is 4.98 Å². The standard InChI is InChI=1S/C9H9NO2/c1-7(11)9(12)6-8-2-4-10-5-3-8/h2-5H,6H2,1H3. The van der Waals surface area contributed by atoms with Crippen LogP contribution in [-0.4, -0.2) is 16.6 Å². The van der Waals surface area contributed by atoms with Gasteiger partial charge in [-0.1, -0.05) is 0 Å². The highest BCUT2D eigenvalue weighted by Crippen LogP contribution is 1.98. The average molecular weight is 163 g/mol. The van der Waals surface area contributed by atoms with Gasteiger partial charge in [-0.2, -0.15) is 0 Å². The molecule has 0 aliphatic heterocycles. The lowest BCUT2D eigenvalue weighted by Gasteiger charge is -1.95. The maximum atomic E-state index is 10.9. The number of ketones is 2. The van der Waals surface area contributed by atoms with E-state index in [1.54, 1.807) is 24.5 Å². The molecule has 0 saturated carbocycles. The first kappa shape index (κ1) is 8.59. The fourth-order valence-electron chi connectivity index (χ4n) is 0.811. The molecule has 0 radical (unpaired) electrons. The molecule has 1 rings (SSSR count). The zero-order chi connectivity index (χ0) is 8.97.